The predicted molar refractivity (Wildman–Crippen MR) is 170 cm³/mol. The number of hydrogen-bond acceptors (Lipinski definition) is 6. The number of fused-ring (bicyclic) bond motifs is 1. The van der Waals surface area contributed by atoms with Crippen molar-refractivity contribution < 1.29 is 27.6 Å². The zero-order chi connectivity index (χ0) is 31.7. The van der Waals surface area contributed by atoms with Crippen LogP contribution in [0.15, 0.2) is 65.6 Å². The summed E-state index contributed by atoms with van der Waals surface area (Å²) in [6.45, 7) is 0.439. The summed E-state index contributed by atoms with van der Waals surface area (Å²) in [5, 5.41) is 7.74. The number of amides is 4. The Hall–Kier alpha value is -4.00. The van der Waals surface area contributed by atoms with Gasteiger partial charge in [0.15, 0.2) is 0 Å². The minimum absolute atomic E-state index is 0.0396. The Morgan fingerprint density at radius 2 is 1.60 bits per heavy atom. The molecule has 13 heteroatoms. The van der Waals surface area contributed by atoms with E-state index in [-0.39, 0.29) is 46.5 Å². The molecule has 3 aliphatic rings. The van der Waals surface area contributed by atoms with Crippen molar-refractivity contribution in [3.63, 3.8) is 0 Å². The topological polar surface area (TPSA) is 145 Å². The normalized spacial score (nSPS) is 20.3. The van der Waals surface area contributed by atoms with E-state index in [0.717, 1.165) is 23.6 Å². The molecule has 0 aromatic heterocycles. The lowest BCUT2D eigenvalue weighted by molar-refractivity contribution is -0.144. The minimum atomic E-state index is -4.14. The lowest BCUT2D eigenvalue weighted by atomic mass is 10.1. The van der Waals surface area contributed by atoms with Gasteiger partial charge in [0.05, 0.1) is 22.2 Å². The molecule has 45 heavy (non-hydrogen) atoms. The van der Waals surface area contributed by atoms with Gasteiger partial charge in [-0.15, -0.1) is 0 Å². The molecule has 2 atom stereocenters. The second-order valence-electron chi connectivity index (χ2n) is 11.8. The smallest absolute Gasteiger partial charge is 0.247 e. The highest BCUT2D eigenvalue weighted by molar-refractivity contribution is 7.89. The van der Waals surface area contributed by atoms with Crippen molar-refractivity contribution in [3.8, 4) is 0 Å². The summed E-state index contributed by atoms with van der Waals surface area (Å²) in [4.78, 5) is 54.7. The largest absolute Gasteiger partial charge is 0.332 e. The Bertz CT molecular complexity index is 1780. The number of nitrogens with zero attached hydrogens (tertiary/aromatic N) is 2. The number of benzene rings is 3. The molecular weight excluding hydrogens is 618 g/mol. The standard InChI is InChI=1S/C32H34ClN5O6S/c33-25-18-24(13-14-26(25)35-30(40)21-9-10-21)45(43,44)36-27-7-3-15-37(32(27)42)19-29(39)38-16-4-8-28(38)31(41)34-23-12-11-20-5-1-2-6-22(20)17-23/h1-2,5-6,11-14,17-18,21,27-28,36H,3-4,7-10,15-16,19H2,(H,34,41)(H,35,40)/t27-,28-/m0/s1. The third-order valence-electron chi connectivity index (χ3n) is 8.50. The SMILES string of the molecule is O=C(Nc1ccc(S(=O)(=O)N[C@H]2CCCN(CC(=O)N3CCC[C@H]3C(=O)Nc3ccc4ccccc4c3)C2=O)cc1Cl)C1CC1. The summed E-state index contributed by atoms with van der Waals surface area (Å²) in [5.41, 5.74) is 0.954. The van der Waals surface area contributed by atoms with Gasteiger partial charge in [-0.2, -0.15) is 4.72 Å². The Balaban J connectivity index is 1.07. The molecule has 3 fully saturated rings. The molecule has 0 unspecified atom stereocenters. The molecule has 2 aliphatic heterocycles. The molecule has 236 valence electrons. The molecule has 0 spiro atoms. The van der Waals surface area contributed by atoms with Crippen LogP contribution in [0.5, 0.6) is 0 Å². The Morgan fingerprint density at radius 1 is 0.844 bits per heavy atom. The van der Waals surface area contributed by atoms with Gasteiger partial charge in [-0.05, 0) is 79.6 Å². The molecule has 4 amide bonds. The molecule has 2 saturated heterocycles. The van der Waals surface area contributed by atoms with E-state index in [1.165, 1.54) is 28.0 Å². The number of carbonyl (C=O) groups excluding carboxylic acids is 4. The molecule has 0 radical (unpaired) electrons. The number of carbonyl (C=O) groups is 4. The molecule has 1 saturated carbocycles. The van der Waals surface area contributed by atoms with Gasteiger partial charge >= 0.3 is 0 Å². The first-order valence-electron chi connectivity index (χ1n) is 15.1. The van der Waals surface area contributed by atoms with Gasteiger partial charge in [0.2, 0.25) is 33.7 Å². The first kappa shape index (κ1) is 31.0. The van der Waals surface area contributed by atoms with Crippen LogP contribution in [0.25, 0.3) is 10.8 Å². The van der Waals surface area contributed by atoms with Crippen molar-refractivity contribution in [2.45, 2.75) is 55.5 Å². The fourth-order valence-electron chi connectivity index (χ4n) is 5.89. The Morgan fingerprint density at radius 3 is 2.36 bits per heavy atom. The van der Waals surface area contributed by atoms with Gasteiger partial charge in [0, 0.05) is 24.7 Å². The van der Waals surface area contributed by atoms with Crippen molar-refractivity contribution in [1.82, 2.24) is 14.5 Å². The highest BCUT2D eigenvalue weighted by atomic mass is 35.5. The van der Waals surface area contributed by atoms with E-state index >= 15 is 0 Å². The van der Waals surface area contributed by atoms with Crippen LogP contribution in [-0.4, -0.2) is 73.6 Å². The van der Waals surface area contributed by atoms with Gasteiger partial charge in [-0.1, -0.05) is 41.9 Å². The van der Waals surface area contributed by atoms with E-state index in [0.29, 0.717) is 43.7 Å². The van der Waals surface area contributed by atoms with Crippen molar-refractivity contribution in [3.05, 3.63) is 65.7 Å². The number of rotatable bonds is 9. The summed E-state index contributed by atoms with van der Waals surface area (Å²) in [6, 6.07) is 15.7. The molecule has 3 aromatic rings. The van der Waals surface area contributed by atoms with Crippen molar-refractivity contribution in [2.24, 2.45) is 5.92 Å². The third-order valence-corrected chi connectivity index (χ3v) is 10.3. The van der Waals surface area contributed by atoms with E-state index in [1.807, 2.05) is 42.5 Å². The summed E-state index contributed by atoms with van der Waals surface area (Å²) in [5.74, 6) is -1.35. The van der Waals surface area contributed by atoms with Crippen LogP contribution in [0.3, 0.4) is 0 Å². The molecule has 11 nitrogen and oxygen atoms in total. The van der Waals surface area contributed by atoms with E-state index in [2.05, 4.69) is 15.4 Å². The fraction of sp³-hybridized carbons (Fsp3) is 0.375. The molecule has 2 heterocycles. The highest BCUT2D eigenvalue weighted by Gasteiger charge is 2.38. The van der Waals surface area contributed by atoms with Gasteiger partial charge in [-0.25, -0.2) is 8.42 Å². The summed E-state index contributed by atoms with van der Waals surface area (Å²) >= 11 is 6.27. The Labute approximate surface area is 266 Å². The van der Waals surface area contributed by atoms with E-state index in [1.54, 1.807) is 0 Å². The number of anilines is 2. The van der Waals surface area contributed by atoms with Gasteiger partial charge in [0.25, 0.3) is 0 Å². The molecule has 3 aromatic carbocycles. The summed E-state index contributed by atoms with van der Waals surface area (Å²) in [7, 11) is -4.14. The van der Waals surface area contributed by atoms with Gasteiger partial charge < -0.3 is 20.4 Å². The number of sulfonamides is 1. The van der Waals surface area contributed by atoms with Crippen LogP contribution in [0.4, 0.5) is 11.4 Å². The average Bonchev–Trinajstić information content (AvgIpc) is 3.75. The van der Waals surface area contributed by atoms with Crippen LogP contribution in [0, 0.1) is 5.92 Å². The molecule has 6 rings (SSSR count). The molecule has 3 N–H and O–H groups in total. The Kier molecular flexibility index (Phi) is 8.80. The van der Waals surface area contributed by atoms with Crippen molar-refractivity contribution >= 4 is 67.4 Å². The van der Waals surface area contributed by atoms with E-state index < -0.39 is 28.0 Å². The average molecular weight is 652 g/mol. The first-order valence-corrected chi connectivity index (χ1v) is 17.0. The monoisotopic (exact) mass is 651 g/mol. The van der Waals surface area contributed by atoms with Gasteiger partial charge in [-0.3, -0.25) is 19.2 Å². The number of piperidine rings is 1. The molecule has 0 bridgehead atoms. The minimum Gasteiger partial charge on any atom is -0.332 e. The maximum atomic E-state index is 13.4. The number of halogens is 1. The van der Waals surface area contributed by atoms with Crippen molar-refractivity contribution in [1.29, 1.82) is 0 Å². The fourth-order valence-corrected chi connectivity index (χ4v) is 7.43. The third kappa shape index (κ3) is 6.98. The second-order valence-corrected chi connectivity index (χ2v) is 13.9. The molecule has 1 aliphatic carbocycles. The van der Waals surface area contributed by atoms with Crippen LogP contribution in [-0.2, 0) is 29.2 Å². The zero-order valence-corrected chi connectivity index (χ0v) is 26.1. The van der Waals surface area contributed by atoms with E-state index in [4.69, 9.17) is 11.6 Å². The maximum absolute atomic E-state index is 13.4. The summed E-state index contributed by atoms with van der Waals surface area (Å²) < 4.78 is 28.8. The first-order chi connectivity index (χ1) is 21.6. The van der Waals surface area contributed by atoms with E-state index in [9.17, 15) is 27.6 Å². The molecular formula is C32H34ClN5O6S. The second kappa shape index (κ2) is 12.8. The predicted octanol–water partition coefficient (Wildman–Crippen LogP) is 3.74. The lowest BCUT2D eigenvalue weighted by Crippen LogP contribution is -2.55. The lowest BCUT2D eigenvalue weighted by Gasteiger charge is -2.34. The van der Waals surface area contributed by atoms with Gasteiger partial charge in [0.1, 0.15) is 12.1 Å². The summed E-state index contributed by atoms with van der Waals surface area (Å²) in [6.07, 6.45) is 3.56. The number of likely N-dealkylation sites (tertiary alicyclic amines) is 2. The quantitative estimate of drug-likeness (QED) is 0.322. The number of nitrogens with one attached hydrogen (secondary N) is 3. The zero-order valence-electron chi connectivity index (χ0n) is 24.5. The van der Waals surface area contributed by atoms with Crippen LogP contribution in [0.2, 0.25) is 5.02 Å². The maximum Gasteiger partial charge on any atom is 0.247 e. The van der Waals surface area contributed by atoms with Crippen LogP contribution < -0.4 is 15.4 Å². The van der Waals surface area contributed by atoms with Crippen LogP contribution in [0.1, 0.15) is 38.5 Å². The van der Waals surface area contributed by atoms with Crippen molar-refractivity contribution in [2.75, 3.05) is 30.3 Å². The van der Waals surface area contributed by atoms with Crippen LogP contribution >= 0.6 is 11.6 Å². The number of hydrogen-bond donors (Lipinski definition) is 3. The highest BCUT2D eigenvalue weighted by Crippen LogP contribution is 2.32.